The van der Waals surface area contributed by atoms with E-state index in [4.69, 9.17) is 0 Å². The van der Waals surface area contributed by atoms with Gasteiger partial charge in [-0.2, -0.15) is 47.5 Å². The van der Waals surface area contributed by atoms with Gasteiger partial charge in [0.15, 0.2) is 0 Å². The van der Waals surface area contributed by atoms with Crippen molar-refractivity contribution in [3.05, 3.63) is 161 Å². The van der Waals surface area contributed by atoms with Crippen molar-refractivity contribution in [3.8, 4) is 11.1 Å². The van der Waals surface area contributed by atoms with Crippen LogP contribution < -0.4 is 24.8 Å². The summed E-state index contributed by atoms with van der Waals surface area (Å²) in [6.07, 6.45) is 1.05. The summed E-state index contributed by atoms with van der Waals surface area (Å²) in [5.74, 6) is 0.336. The maximum atomic E-state index is 3.30. The predicted octanol–water partition coefficient (Wildman–Crippen LogP) is 1.65. The van der Waals surface area contributed by atoms with Crippen LogP contribution in [0, 0.1) is 6.07 Å². The van der Waals surface area contributed by atoms with Gasteiger partial charge in [-0.3, -0.25) is 0 Å². The molecule has 166 valence electrons. The van der Waals surface area contributed by atoms with Gasteiger partial charge in [-0.15, -0.1) is 5.56 Å². The fourth-order valence-corrected chi connectivity index (χ4v) is 4.45. The van der Waals surface area contributed by atoms with Gasteiger partial charge in [0, 0.05) is 5.92 Å². The molecule has 6 rings (SSSR count). The van der Waals surface area contributed by atoms with Gasteiger partial charge in [0.1, 0.15) is 0 Å². The minimum atomic E-state index is 0. The Bertz CT molecular complexity index is 1170. The van der Waals surface area contributed by atoms with Crippen molar-refractivity contribution in [1.82, 2.24) is 0 Å². The number of rotatable bonds is 3. The van der Waals surface area contributed by atoms with Crippen LogP contribution in [-0.2, 0) is 32.6 Å². The zero-order valence-electron chi connectivity index (χ0n) is 18.7. The molecule has 5 aromatic carbocycles. The van der Waals surface area contributed by atoms with Gasteiger partial charge in [-0.1, -0.05) is 96.1 Å². The van der Waals surface area contributed by atoms with Crippen LogP contribution in [0.25, 0.3) is 11.1 Å². The quantitative estimate of drug-likeness (QED) is 0.290. The molecule has 0 aromatic heterocycles. The normalized spacial score (nSPS) is 10.4. The molecule has 0 saturated carbocycles. The maximum Gasteiger partial charge on any atom is 4.00 e. The topological polar surface area (TPSA) is 0 Å². The fraction of sp³-hybridized carbons (Fsp3) is 0.0645. The molecule has 0 spiro atoms. The van der Waals surface area contributed by atoms with Crippen molar-refractivity contribution in [2.24, 2.45) is 0 Å². The van der Waals surface area contributed by atoms with Gasteiger partial charge in [-0.05, 0) is 17.5 Å². The second kappa shape index (κ2) is 13.5. The van der Waals surface area contributed by atoms with Crippen molar-refractivity contribution in [3.63, 3.8) is 0 Å². The molecule has 0 fully saturated rings. The molecule has 0 radical (unpaired) electrons. The van der Waals surface area contributed by atoms with Crippen LogP contribution in [0.5, 0.6) is 0 Å². The van der Waals surface area contributed by atoms with Gasteiger partial charge in [0.2, 0.25) is 0 Å². The average molecular weight is 559 g/mol. The van der Waals surface area contributed by atoms with E-state index in [1.165, 1.54) is 38.9 Å². The summed E-state index contributed by atoms with van der Waals surface area (Å²) in [5.41, 5.74) is 9.55. The summed E-state index contributed by atoms with van der Waals surface area (Å²) in [7, 11) is 0. The standard InChI is InChI=1S/C18H15.C13H9.2ClH.Zr/c1-3-9-15(10-4-1)18(17-13-7-8-14-17)16-11-5-2-6-12-16;1-3-7-12-10(5-1)9-11-6-2-4-8-13(11)12;;;/h1-14,18H;1-5,7-8H,9H2;2*1H;/q2*-1;;;+4/p-2. The van der Waals surface area contributed by atoms with Gasteiger partial charge in [-0.25, -0.2) is 12.1 Å². The first-order valence-electron chi connectivity index (χ1n) is 10.8. The van der Waals surface area contributed by atoms with Crippen LogP contribution in [0.2, 0.25) is 0 Å². The van der Waals surface area contributed by atoms with Crippen molar-refractivity contribution < 1.29 is 51.0 Å². The van der Waals surface area contributed by atoms with Crippen LogP contribution in [-0.4, -0.2) is 0 Å². The zero-order chi connectivity index (χ0) is 20.9. The summed E-state index contributed by atoms with van der Waals surface area (Å²) in [4.78, 5) is 0. The monoisotopic (exact) mass is 556 g/mol. The Labute approximate surface area is 234 Å². The van der Waals surface area contributed by atoms with Crippen LogP contribution in [0.4, 0.5) is 0 Å². The van der Waals surface area contributed by atoms with Crippen LogP contribution in [0.3, 0.4) is 0 Å². The third-order valence-corrected chi connectivity index (χ3v) is 5.90. The van der Waals surface area contributed by atoms with Gasteiger partial charge in [0.05, 0.1) is 0 Å². The minimum Gasteiger partial charge on any atom is -1.00 e. The molecule has 0 bridgehead atoms. The van der Waals surface area contributed by atoms with Gasteiger partial charge in [0.25, 0.3) is 0 Å². The second-order valence-electron chi connectivity index (χ2n) is 7.87. The molecule has 0 atom stereocenters. The molecule has 0 saturated heterocycles. The third kappa shape index (κ3) is 6.22. The number of hydrogen-bond donors (Lipinski definition) is 0. The van der Waals surface area contributed by atoms with Crippen LogP contribution in [0.1, 0.15) is 33.7 Å². The molecule has 0 nitrogen and oxygen atoms in total. The summed E-state index contributed by atoms with van der Waals surface area (Å²) in [6, 6.07) is 48.1. The molecule has 0 amide bonds. The van der Waals surface area contributed by atoms with E-state index >= 15 is 0 Å². The number of halogens is 2. The van der Waals surface area contributed by atoms with E-state index in [1.54, 1.807) is 0 Å². The first-order valence-corrected chi connectivity index (χ1v) is 10.8. The predicted molar refractivity (Wildman–Crippen MR) is 129 cm³/mol. The van der Waals surface area contributed by atoms with E-state index in [1.807, 2.05) is 6.07 Å². The molecule has 3 heteroatoms. The number of hydrogen-bond acceptors (Lipinski definition) is 0. The Morgan fingerprint density at radius 1 is 0.618 bits per heavy atom. The van der Waals surface area contributed by atoms with E-state index in [9.17, 15) is 0 Å². The van der Waals surface area contributed by atoms with Crippen molar-refractivity contribution in [2.75, 3.05) is 0 Å². The summed E-state index contributed by atoms with van der Waals surface area (Å²) < 4.78 is 0. The SMILES string of the molecule is [Cl-].[Cl-].[Zr+4].[c-]1cccc2c1Cc1ccccc1-2.c1ccc(C(c2ccccc2)c2ccc[cH-]2)cc1. The van der Waals surface area contributed by atoms with Crippen molar-refractivity contribution >= 4 is 0 Å². The van der Waals surface area contributed by atoms with E-state index in [2.05, 4.69) is 127 Å². The Morgan fingerprint density at radius 2 is 1.21 bits per heavy atom. The largest absolute Gasteiger partial charge is 4.00 e. The minimum absolute atomic E-state index is 0. The molecule has 0 N–H and O–H groups in total. The molecule has 5 aromatic rings. The van der Waals surface area contributed by atoms with Gasteiger partial charge >= 0.3 is 26.2 Å². The molecule has 1 aliphatic rings. The molecule has 34 heavy (non-hydrogen) atoms. The zero-order valence-corrected chi connectivity index (χ0v) is 22.6. The molecule has 0 aliphatic heterocycles. The second-order valence-corrected chi connectivity index (χ2v) is 7.87. The molecular formula is C31H24Cl2Zr. The summed E-state index contributed by atoms with van der Waals surface area (Å²) in [6.45, 7) is 0. The summed E-state index contributed by atoms with van der Waals surface area (Å²) >= 11 is 0. The Kier molecular flexibility index (Phi) is 11.1. The fourth-order valence-electron chi connectivity index (χ4n) is 4.45. The molecule has 1 aliphatic carbocycles. The van der Waals surface area contributed by atoms with Crippen molar-refractivity contribution in [2.45, 2.75) is 12.3 Å². The molecular weight excluding hydrogens is 534 g/mol. The summed E-state index contributed by atoms with van der Waals surface area (Å²) in [5, 5.41) is 0. The smallest absolute Gasteiger partial charge is 1.00 e. The first kappa shape index (κ1) is 27.9. The van der Waals surface area contributed by atoms with E-state index in [0.29, 0.717) is 5.92 Å². The Balaban J connectivity index is 0.000000229. The maximum absolute atomic E-state index is 3.30. The third-order valence-electron chi connectivity index (χ3n) is 5.90. The number of benzene rings is 4. The average Bonchev–Trinajstić information content (AvgIpc) is 3.49. The Morgan fingerprint density at radius 3 is 1.82 bits per heavy atom. The first-order chi connectivity index (χ1) is 15.4. The Hall–Kier alpha value is -2.31. The van der Waals surface area contributed by atoms with E-state index in [0.717, 1.165) is 6.42 Å². The van der Waals surface area contributed by atoms with E-state index in [-0.39, 0.29) is 51.0 Å². The molecule has 0 heterocycles. The van der Waals surface area contributed by atoms with Crippen LogP contribution >= 0.6 is 0 Å². The van der Waals surface area contributed by atoms with Crippen molar-refractivity contribution in [1.29, 1.82) is 0 Å². The van der Waals surface area contributed by atoms with E-state index < -0.39 is 0 Å². The number of fused-ring (bicyclic) bond motifs is 3. The molecule has 0 unspecified atom stereocenters. The van der Waals surface area contributed by atoms with Gasteiger partial charge < -0.3 is 24.8 Å². The van der Waals surface area contributed by atoms with Crippen LogP contribution in [0.15, 0.2) is 127 Å².